The lowest BCUT2D eigenvalue weighted by molar-refractivity contribution is -0.122. The fourth-order valence-corrected chi connectivity index (χ4v) is 1.86. The lowest BCUT2D eigenvalue weighted by atomic mass is 10.2. The van der Waals surface area contributed by atoms with Crippen LogP contribution >= 0.6 is 35.9 Å². The maximum atomic E-state index is 11.4. The fourth-order valence-electron chi connectivity index (χ4n) is 0.935. The summed E-state index contributed by atoms with van der Waals surface area (Å²) in [6, 6.07) is -0.336. The molecular weight excluding hydrogens is 252 g/mol. The van der Waals surface area contributed by atoms with Crippen molar-refractivity contribution in [2.24, 2.45) is 5.73 Å². The van der Waals surface area contributed by atoms with Crippen LogP contribution in [-0.2, 0) is 4.79 Å². The molecule has 0 bridgehead atoms. The molecule has 0 saturated carbocycles. The van der Waals surface area contributed by atoms with Crippen LogP contribution in [0.5, 0.6) is 0 Å². The van der Waals surface area contributed by atoms with Crippen molar-refractivity contribution in [1.82, 2.24) is 5.32 Å². The average molecular weight is 273 g/mol. The van der Waals surface area contributed by atoms with Gasteiger partial charge < -0.3 is 11.1 Å². The molecule has 1 atom stereocenters. The second kappa shape index (κ2) is 12.5. The van der Waals surface area contributed by atoms with E-state index in [2.05, 4.69) is 11.6 Å². The molecule has 0 heterocycles. The number of carbonyl (C=O) groups excluding carboxylic acids is 1. The first-order chi connectivity index (χ1) is 6.72. The van der Waals surface area contributed by atoms with Crippen LogP contribution in [0.3, 0.4) is 0 Å². The second-order valence-corrected chi connectivity index (χ2v) is 5.00. The van der Waals surface area contributed by atoms with Gasteiger partial charge in [-0.1, -0.05) is 0 Å². The van der Waals surface area contributed by atoms with Gasteiger partial charge in [-0.25, -0.2) is 0 Å². The molecular formula is C9H21ClN2OS2. The first-order valence-electron chi connectivity index (χ1n) is 4.73. The van der Waals surface area contributed by atoms with Gasteiger partial charge in [-0.15, -0.1) is 12.4 Å². The first-order valence-corrected chi connectivity index (χ1v) is 7.52. The number of amides is 1. The molecule has 0 aliphatic carbocycles. The van der Waals surface area contributed by atoms with Crippen molar-refractivity contribution >= 4 is 41.8 Å². The molecule has 0 aromatic rings. The Balaban J connectivity index is 0. The zero-order valence-corrected chi connectivity index (χ0v) is 11.8. The Morgan fingerprint density at radius 3 is 2.47 bits per heavy atom. The van der Waals surface area contributed by atoms with Crippen LogP contribution in [0.15, 0.2) is 0 Å². The highest BCUT2D eigenvalue weighted by Gasteiger charge is 2.11. The smallest absolute Gasteiger partial charge is 0.236 e. The van der Waals surface area contributed by atoms with Gasteiger partial charge in [0.05, 0.1) is 6.04 Å². The highest BCUT2D eigenvalue weighted by molar-refractivity contribution is 7.98. The van der Waals surface area contributed by atoms with E-state index < -0.39 is 0 Å². The standard InChI is InChI=1S/C9H20N2OS2.ClH/c1-13-6-3-5-11-9(12)8(10)4-7-14-2;/h8H,3-7,10H2,1-2H3,(H,11,12);1H/t8-;/m0./s1. The number of nitrogens with one attached hydrogen (secondary N) is 1. The van der Waals surface area contributed by atoms with E-state index >= 15 is 0 Å². The molecule has 0 unspecified atom stereocenters. The fraction of sp³-hybridized carbons (Fsp3) is 0.889. The van der Waals surface area contributed by atoms with E-state index in [4.69, 9.17) is 5.73 Å². The van der Waals surface area contributed by atoms with Gasteiger partial charge in [0.1, 0.15) is 0 Å². The van der Waals surface area contributed by atoms with Crippen LogP contribution in [0.4, 0.5) is 0 Å². The third-order valence-electron chi connectivity index (χ3n) is 1.79. The SMILES string of the molecule is CSCCCNC(=O)[C@@H](N)CCSC.Cl. The lowest BCUT2D eigenvalue weighted by Gasteiger charge is -2.10. The quantitative estimate of drug-likeness (QED) is 0.655. The van der Waals surface area contributed by atoms with Crippen molar-refractivity contribution in [3.05, 3.63) is 0 Å². The van der Waals surface area contributed by atoms with Crippen molar-refractivity contribution < 1.29 is 4.79 Å². The molecule has 3 N–H and O–H groups in total. The van der Waals surface area contributed by atoms with Crippen LogP contribution in [0.1, 0.15) is 12.8 Å². The molecule has 0 aliphatic rings. The maximum Gasteiger partial charge on any atom is 0.236 e. The average Bonchev–Trinajstić information content (AvgIpc) is 2.20. The summed E-state index contributed by atoms with van der Waals surface area (Å²) in [4.78, 5) is 11.4. The summed E-state index contributed by atoms with van der Waals surface area (Å²) in [5.41, 5.74) is 5.69. The summed E-state index contributed by atoms with van der Waals surface area (Å²) in [6.07, 6.45) is 5.85. The van der Waals surface area contributed by atoms with Crippen molar-refractivity contribution in [3.63, 3.8) is 0 Å². The molecule has 1 amide bonds. The van der Waals surface area contributed by atoms with Crippen LogP contribution in [0.25, 0.3) is 0 Å². The molecule has 0 aromatic heterocycles. The summed E-state index contributed by atoms with van der Waals surface area (Å²) in [7, 11) is 0. The molecule has 92 valence electrons. The Bertz CT molecular complexity index is 161. The van der Waals surface area contributed by atoms with Crippen molar-refractivity contribution in [2.75, 3.05) is 30.6 Å². The Morgan fingerprint density at radius 1 is 1.33 bits per heavy atom. The summed E-state index contributed by atoms with van der Waals surface area (Å²) in [5, 5.41) is 2.84. The Kier molecular flexibility index (Phi) is 14.8. The van der Waals surface area contributed by atoms with Crippen molar-refractivity contribution in [1.29, 1.82) is 0 Å². The largest absolute Gasteiger partial charge is 0.355 e. The molecule has 3 nitrogen and oxygen atoms in total. The number of hydrogen-bond acceptors (Lipinski definition) is 4. The molecule has 0 aromatic carbocycles. The van der Waals surface area contributed by atoms with E-state index in [1.807, 2.05) is 6.26 Å². The number of carbonyl (C=O) groups is 1. The molecule has 0 saturated heterocycles. The monoisotopic (exact) mass is 272 g/mol. The summed E-state index contributed by atoms with van der Waals surface area (Å²) < 4.78 is 0. The number of rotatable bonds is 8. The van der Waals surface area contributed by atoms with Gasteiger partial charge in [0, 0.05) is 6.54 Å². The predicted octanol–water partition coefficient (Wildman–Crippen LogP) is 1.36. The summed E-state index contributed by atoms with van der Waals surface area (Å²) in [5.74, 6) is 2.01. The third kappa shape index (κ3) is 10.7. The molecule has 0 spiro atoms. The molecule has 0 fully saturated rings. The highest BCUT2D eigenvalue weighted by Crippen LogP contribution is 1.99. The molecule has 6 heteroatoms. The van der Waals surface area contributed by atoms with Gasteiger partial charge in [-0.3, -0.25) is 4.79 Å². The van der Waals surface area contributed by atoms with E-state index in [9.17, 15) is 4.79 Å². The summed E-state index contributed by atoms with van der Waals surface area (Å²) >= 11 is 3.51. The minimum absolute atomic E-state index is 0. The van der Waals surface area contributed by atoms with E-state index in [0.29, 0.717) is 0 Å². The van der Waals surface area contributed by atoms with Gasteiger partial charge in [0.25, 0.3) is 0 Å². The minimum atomic E-state index is -0.336. The minimum Gasteiger partial charge on any atom is -0.355 e. The molecule has 0 rings (SSSR count). The number of nitrogens with two attached hydrogens (primary N) is 1. The van der Waals surface area contributed by atoms with Gasteiger partial charge >= 0.3 is 0 Å². The zero-order chi connectivity index (χ0) is 10.8. The number of thioether (sulfide) groups is 2. The maximum absolute atomic E-state index is 11.4. The first kappa shape index (κ1) is 17.8. The van der Waals surface area contributed by atoms with Gasteiger partial charge in [0.2, 0.25) is 5.91 Å². The topological polar surface area (TPSA) is 55.1 Å². The number of halogens is 1. The molecule has 0 aliphatic heterocycles. The Labute approximate surface area is 107 Å². The summed E-state index contributed by atoms with van der Waals surface area (Å²) in [6.45, 7) is 0.743. The van der Waals surface area contributed by atoms with Gasteiger partial charge in [-0.2, -0.15) is 23.5 Å². The van der Waals surface area contributed by atoms with Crippen LogP contribution in [0, 0.1) is 0 Å². The van der Waals surface area contributed by atoms with Crippen LogP contribution in [-0.4, -0.2) is 42.5 Å². The second-order valence-electron chi connectivity index (χ2n) is 3.03. The molecule has 0 radical (unpaired) electrons. The van der Waals surface area contributed by atoms with Gasteiger partial charge in [-0.05, 0) is 36.9 Å². The highest BCUT2D eigenvalue weighted by atomic mass is 35.5. The Hall–Kier alpha value is 0.420. The molecule has 15 heavy (non-hydrogen) atoms. The zero-order valence-electron chi connectivity index (χ0n) is 9.32. The normalized spacial score (nSPS) is 11.7. The number of hydrogen-bond donors (Lipinski definition) is 2. The van der Waals surface area contributed by atoms with Crippen LogP contribution < -0.4 is 11.1 Å². The van der Waals surface area contributed by atoms with Crippen LogP contribution in [0.2, 0.25) is 0 Å². The third-order valence-corrected chi connectivity index (χ3v) is 3.14. The van der Waals surface area contributed by atoms with Gasteiger partial charge in [0.15, 0.2) is 0 Å². The van der Waals surface area contributed by atoms with Crippen molar-refractivity contribution in [3.8, 4) is 0 Å². The van der Waals surface area contributed by atoms with Crippen molar-refractivity contribution in [2.45, 2.75) is 18.9 Å². The van der Waals surface area contributed by atoms with E-state index in [1.165, 1.54) is 0 Å². The van der Waals surface area contributed by atoms with E-state index in [0.717, 1.165) is 30.9 Å². The van der Waals surface area contributed by atoms with E-state index in [1.54, 1.807) is 23.5 Å². The lowest BCUT2D eigenvalue weighted by Crippen LogP contribution is -2.41. The Morgan fingerprint density at radius 2 is 1.93 bits per heavy atom. The van der Waals surface area contributed by atoms with E-state index in [-0.39, 0.29) is 24.4 Å². The predicted molar refractivity (Wildman–Crippen MR) is 74.2 cm³/mol.